The molecule has 0 radical (unpaired) electrons. The Morgan fingerprint density at radius 1 is 1.50 bits per heavy atom. The Hall–Kier alpha value is -0.510. The Morgan fingerprint density at radius 2 is 1.90 bits per heavy atom. The maximum atomic E-state index is 11.8. The average molecular weight is 154 g/mol. The number of rotatable bonds is 2. The topological polar surface area (TPSA) is 20.2 Å². The van der Waals surface area contributed by atoms with Gasteiger partial charge in [-0.1, -0.05) is 19.6 Å². The van der Waals surface area contributed by atoms with Crippen LogP contribution in [0, 0.1) is 0 Å². The van der Waals surface area contributed by atoms with Gasteiger partial charge >= 0.3 is 6.18 Å². The lowest BCUT2D eigenvalue weighted by Crippen LogP contribution is -2.42. The maximum absolute atomic E-state index is 11.8. The van der Waals surface area contributed by atoms with Crippen molar-refractivity contribution in [3.63, 3.8) is 0 Å². The molecule has 0 aliphatic rings. The van der Waals surface area contributed by atoms with Gasteiger partial charge < -0.3 is 5.11 Å². The third-order valence-corrected chi connectivity index (χ3v) is 1.37. The van der Waals surface area contributed by atoms with Gasteiger partial charge in [-0.15, -0.1) is 0 Å². The van der Waals surface area contributed by atoms with Gasteiger partial charge in [0.2, 0.25) is 0 Å². The molecule has 0 spiro atoms. The van der Waals surface area contributed by atoms with Gasteiger partial charge in [0.1, 0.15) is 0 Å². The Bertz CT molecular complexity index is 129. The van der Waals surface area contributed by atoms with Crippen LogP contribution < -0.4 is 0 Å². The van der Waals surface area contributed by atoms with E-state index in [1.54, 1.807) is 0 Å². The first kappa shape index (κ1) is 9.49. The summed E-state index contributed by atoms with van der Waals surface area (Å²) in [7, 11) is 0. The Balaban J connectivity index is 4.48. The summed E-state index contributed by atoms with van der Waals surface area (Å²) in [4.78, 5) is 0. The molecule has 1 unspecified atom stereocenters. The summed E-state index contributed by atoms with van der Waals surface area (Å²) in [6.07, 6.45) is -4.50. The lowest BCUT2D eigenvalue weighted by molar-refractivity contribution is -0.240. The molecule has 4 heteroatoms. The molecule has 0 rings (SSSR count). The van der Waals surface area contributed by atoms with Crippen molar-refractivity contribution >= 4 is 0 Å². The second kappa shape index (κ2) is 2.62. The lowest BCUT2D eigenvalue weighted by atomic mass is 10.0. The number of aliphatic hydroxyl groups is 1. The van der Waals surface area contributed by atoms with E-state index in [0.29, 0.717) is 6.08 Å². The summed E-state index contributed by atoms with van der Waals surface area (Å²) < 4.78 is 35.4. The van der Waals surface area contributed by atoms with Crippen molar-refractivity contribution in [2.24, 2.45) is 0 Å². The molecule has 10 heavy (non-hydrogen) atoms. The quantitative estimate of drug-likeness (QED) is 0.602. The van der Waals surface area contributed by atoms with E-state index in [1.807, 2.05) is 0 Å². The molecule has 0 saturated carbocycles. The molecule has 1 nitrogen and oxygen atoms in total. The lowest BCUT2D eigenvalue weighted by Gasteiger charge is -2.25. The number of hydrogen-bond donors (Lipinski definition) is 1. The van der Waals surface area contributed by atoms with Gasteiger partial charge in [0.15, 0.2) is 5.60 Å². The predicted molar refractivity (Wildman–Crippen MR) is 31.5 cm³/mol. The van der Waals surface area contributed by atoms with E-state index < -0.39 is 18.2 Å². The molecule has 0 fully saturated rings. The summed E-state index contributed by atoms with van der Waals surface area (Å²) in [6.45, 7) is 4.15. The van der Waals surface area contributed by atoms with E-state index in [1.165, 1.54) is 6.92 Å². The molecule has 0 bridgehead atoms. The molecule has 0 aromatic carbocycles. The zero-order valence-corrected chi connectivity index (χ0v) is 5.57. The first-order chi connectivity index (χ1) is 4.37. The summed E-state index contributed by atoms with van der Waals surface area (Å²) in [5.74, 6) is 0. The Kier molecular flexibility index (Phi) is 2.48. The van der Waals surface area contributed by atoms with E-state index in [4.69, 9.17) is 5.11 Å². The van der Waals surface area contributed by atoms with Gasteiger partial charge in [-0.3, -0.25) is 0 Å². The van der Waals surface area contributed by atoms with Gasteiger partial charge in [0, 0.05) is 0 Å². The van der Waals surface area contributed by atoms with Gasteiger partial charge in [-0.2, -0.15) is 13.2 Å². The van der Waals surface area contributed by atoms with E-state index >= 15 is 0 Å². The molecule has 1 atom stereocenters. The van der Waals surface area contributed by atoms with E-state index in [9.17, 15) is 13.2 Å². The smallest absolute Gasteiger partial charge is 0.377 e. The van der Waals surface area contributed by atoms with E-state index in [-0.39, 0.29) is 0 Å². The maximum Gasteiger partial charge on any atom is 0.420 e. The highest BCUT2D eigenvalue weighted by atomic mass is 19.4. The zero-order valence-electron chi connectivity index (χ0n) is 5.57. The standard InChI is InChI=1S/C6H9F3O/c1-3-5(10,4-2)6(7,8)9/h3,10H,1,4H2,2H3. The number of halogens is 3. The Morgan fingerprint density at radius 3 is 1.90 bits per heavy atom. The van der Waals surface area contributed by atoms with E-state index in [0.717, 1.165) is 0 Å². The molecule has 0 amide bonds. The van der Waals surface area contributed by atoms with Crippen molar-refractivity contribution in [2.75, 3.05) is 0 Å². The molecule has 0 heterocycles. The second-order valence-corrected chi connectivity index (χ2v) is 1.98. The van der Waals surface area contributed by atoms with Crippen LogP contribution in [0.2, 0.25) is 0 Å². The highest BCUT2D eigenvalue weighted by molar-refractivity contribution is 5.00. The van der Waals surface area contributed by atoms with Crippen LogP contribution in [0.3, 0.4) is 0 Å². The van der Waals surface area contributed by atoms with Gasteiger partial charge in [-0.25, -0.2) is 0 Å². The van der Waals surface area contributed by atoms with Crippen LogP contribution in [0.4, 0.5) is 13.2 Å². The van der Waals surface area contributed by atoms with Crippen molar-refractivity contribution in [1.29, 1.82) is 0 Å². The molecule has 0 aromatic rings. The minimum absolute atomic E-state index is 0.403. The fourth-order valence-electron chi connectivity index (χ4n) is 0.461. The molecule has 0 aliphatic heterocycles. The monoisotopic (exact) mass is 154 g/mol. The predicted octanol–water partition coefficient (Wildman–Crippen LogP) is 1.88. The summed E-state index contributed by atoms with van der Waals surface area (Å²) in [5, 5.41) is 8.72. The molecular weight excluding hydrogens is 145 g/mol. The zero-order chi connectivity index (χ0) is 8.41. The third kappa shape index (κ3) is 1.50. The van der Waals surface area contributed by atoms with Crippen molar-refractivity contribution in [3.05, 3.63) is 12.7 Å². The Labute approximate surface area is 57.2 Å². The summed E-state index contributed by atoms with van der Waals surface area (Å²) in [6, 6.07) is 0. The van der Waals surface area contributed by atoms with Crippen molar-refractivity contribution in [1.82, 2.24) is 0 Å². The highest BCUT2D eigenvalue weighted by Gasteiger charge is 2.49. The summed E-state index contributed by atoms with van der Waals surface area (Å²) in [5.41, 5.74) is -2.72. The SMILES string of the molecule is C=CC(O)(CC)C(F)(F)F. The van der Waals surface area contributed by atoms with Crippen LogP contribution in [-0.2, 0) is 0 Å². The van der Waals surface area contributed by atoms with Crippen molar-refractivity contribution in [2.45, 2.75) is 25.1 Å². The third-order valence-electron chi connectivity index (χ3n) is 1.37. The average Bonchev–Trinajstić information content (AvgIpc) is 1.84. The van der Waals surface area contributed by atoms with Crippen molar-refractivity contribution in [3.8, 4) is 0 Å². The molecule has 0 aromatic heterocycles. The molecule has 0 saturated heterocycles. The van der Waals surface area contributed by atoms with Gasteiger partial charge in [0.05, 0.1) is 0 Å². The van der Waals surface area contributed by atoms with Crippen molar-refractivity contribution < 1.29 is 18.3 Å². The van der Waals surface area contributed by atoms with Crippen LogP contribution >= 0.6 is 0 Å². The first-order valence-electron chi connectivity index (χ1n) is 2.80. The van der Waals surface area contributed by atoms with Crippen LogP contribution in [0.5, 0.6) is 0 Å². The minimum Gasteiger partial charge on any atom is -0.377 e. The second-order valence-electron chi connectivity index (χ2n) is 1.98. The normalized spacial score (nSPS) is 18.1. The van der Waals surface area contributed by atoms with Crippen LogP contribution in [0.25, 0.3) is 0 Å². The van der Waals surface area contributed by atoms with Crippen LogP contribution in [0.15, 0.2) is 12.7 Å². The molecule has 1 N–H and O–H groups in total. The fourth-order valence-corrected chi connectivity index (χ4v) is 0.461. The minimum atomic E-state index is -4.61. The van der Waals surface area contributed by atoms with Gasteiger partial charge in [0.25, 0.3) is 0 Å². The van der Waals surface area contributed by atoms with Crippen LogP contribution in [0.1, 0.15) is 13.3 Å². The number of hydrogen-bond acceptors (Lipinski definition) is 1. The highest BCUT2D eigenvalue weighted by Crippen LogP contribution is 2.33. The summed E-state index contributed by atoms with van der Waals surface area (Å²) >= 11 is 0. The van der Waals surface area contributed by atoms with Gasteiger partial charge in [-0.05, 0) is 6.42 Å². The first-order valence-corrected chi connectivity index (χ1v) is 2.80. The largest absolute Gasteiger partial charge is 0.420 e. The molecule has 60 valence electrons. The number of alkyl halides is 3. The molecule has 0 aliphatic carbocycles. The molecular formula is C6H9F3O. The van der Waals surface area contributed by atoms with Crippen LogP contribution in [-0.4, -0.2) is 16.9 Å². The van der Waals surface area contributed by atoms with E-state index in [2.05, 4.69) is 6.58 Å². The fraction of sp³-hybridized carbons (Fsp3) is 0.667.